The van der Waals surface area contributed by atoms with Gasteiger partial charge in [-0.05, 0) is 79.6 Å². The lowest BCUT2D eigenvalue weighted by atomic mass is 9.72. The van der Waals surface area contributed by atoms with Crippen LogP contribution in [0.15, 0.2) is 45.9 Å². The van der Waals surface area contributed by atoms with Crippen LogP contribution in [0.4, 0.5) is 4.39 Å². The number of carbonyl (C=O) groups excluding carboxylic acids is 1. The highest BCUT2D eigenvalue weighted by atomic mass is 32.2. The molecule has 4 rings (SSSR count). The Morgan fingerprint density at radius 1 is 1.24 bits per heavy atom. The lowest BCUT2D eigenvalue weighted by Crippen LogP contribution is -2.51. The minimum Gasteiger partial charge on any atom is -0.396 e. The second kappa shape index (κ2) is 10.6. The number of halogens is 1. The van der Waals surface area contributed by atoms with Crippen molar-refractivity contribution < 1.29 is 14.3 Å². The Morgan fingerprint density at radius 2 is 2.03 bits per heavy atom. The second-order valence-electron chi connectivity index (χ2n) is 10.0. The molecule has 1 aromatic rings. The normalized spacial score (nSPS) is 20.8. The number of hydrogen-bond donors (Lipinski definition) is 1. The Balaban J connectivity index is 1.35. The number of aliphatic hydroxyl groups excluding tert-OH is 1. The third kappa shape index (κ3) is 5.81. The molecule has 178 valence electrons. The van der Waals surface area contributed by atoms with Gasteiger partial charge in [0.05, 0.1) is 5.57 Å². The Bertz CT molecular complexity index is 972. The maximum atomic E-state index is 14.3. The highest BCUT2D eigenvalue weighted by Crippen LogP contribution is 2.41. The SMILES string of the molecule is CC(C)C1=C=CC(C(=O)N2CCCC3(CCN(Cc4cc(CCO)ccc4F)CC3)C2)=CS1. The monoisotopic (exact) mass is 470 g/mol. The molecule has 3 aliphatic heterocycles. The summed E-state index contributed by atoms with van der Waals surface area (Å²) in [4.78, 5) is 18.7. The average molecular weight is 471 g/mol. The quantitative estimate of drug-likeness (QED) is 0.601. The fourth-order valence-electron chi connectivity index (χ4n) is 5.19. The van der Waals surface area contributed by atoms with Gasteiger partial charge in [-0.3, -0.25) is 9.69 Å². The van der Waals surface area contributed by atoms with Crippen LogP contribution in [-0.4, -0.2) is 53.6 Å². The molecule has 4 nitrogen and oxygen atoms in total. The predicted octanol–water partition coefficient (Wildman–Crippen LogP) is 4.89. The Hall–Kier alpha value is -1.85. The molecule has 1 spiro atoms. The molecule has 3 heterocycles. The van der Waals surface area contributed by atoms with Crippen molar-refractivity contribution in [2.75, 3.05) is 32.8 Å². The van der Waals surface area contributed by atoms with Crippen LogP contribution in [0.5, 0.6) is 0 Å². The first-order valence-electron chi connectivity index (χ1n) is 12.1. The first-order valence-corrected chi connectivity index (χ1v) is 13.0. The van der Waals surface area contributed by atoms with E-state index in [9.17, 15) is 14.3 Å². The number of rotatable bonds is 6. The molecule has 0 aliphatic carbocycles. The van der Waals surface area contributed by atoms with E-state index in [0.717, 1.165) is 63.0 Å². The minimum atomic E-state index is -0.173. The summed E-state index contributed by atoms with van der Waals surface area (Å²) < 4.78 is 14.3. The number of aliphatic hydroxyl groups is 1. The van der Waals surface area contributed by atoms with E-state index in [4.69, 9.17) is 0 Å². The summed E-state index contributed by atoms with van der Waals surface area (Å²) in [6, 6.07) is 5.16. The van der Waals surface area contributed by atoms with Crippen molar-refractivity contribution in [1.82, 2.24) is 9.80 Å². The summed E-state index contributed by atoms with van der Waals surface area (Å²) in [5.74, 6) is 0.378. The van der Waals surface area contributed by atoms with Crippen LogP contribution in [0.25, 0.3) is 0 Å². The van der Waals surface area contributed by atoms with E-state index in [1.54, 1.807) is 17.8 Å². The lowest BCUT2D eigenvalue weighted by Gasteiger charge is -2.47. The number of carbonyl (C=O) groups is 1. The van der Waals surface area contributed by atoms with E-state index < -0.39 is 0 Å². The highest BCUT2D eigenvalue weighted by molar-refractivity contribution is 8.05. The first-order chi connectivity index (χ1) is 15.9. The van der Waals surface area contributed by atoms with Gasteiger partial charge in [0, 0.05) is 36.7 Å². The number of hydrogen-bond acceptors (Lipinski definition) is 4. The zero-order valence-electron chi connectivity index (χ0n) is 19.8. The summed E-state index contributed by atoms with van der Waals surface area (Å²) >= 11 is 1.62. The van der Waals surface area contributed by atoms with Gasteiger partial charge in [0.15, 0.2) is 0 Å². The van der Waals surface area contributed by atoms with Crippen LogP contribution in [0, 0.1) is 17.2 Å². The molecule has 3 aliphatic rings. The van der Waals surface area contributed by atoms with E-state index in [0.29, 0.717) is 24.4 Å². The van der Waals surface area contributed by atoms with E-state index in [1.165, 1.54) is 11.0 Å². The molecule has 33 heavy (non-hydrogen) atoms. The molecule has 1 amide bonds. The molecule has 1 aromatic carbocycles. The van der Waals surface area contributed by atoms with Crippen LogP contribution in [0.2, 0.25) is 0 Å². The van der Waals surface area contributed by atoms with Crippen molar-refractivity contribution in [1.29, 1.82) is 0 Å². The lowest BCUT2D eigenvalue weighted by molar-refractivity contribution is -0.131. The molecular weight excluding hydrogens is 435 g/mol. The summed E-state index contributed by atoms with van der Waals surface area (Å²) in [6.07, 6.45) is 6.69. The molecule has 6 heteroatoms. The zero-order chi connectivity index (χ0) is 23.4. The fourth-order valence-corrected chi connectivity index (χ4v) is 6.01. The fraction of sp³-hybridized carbons (Fsp3) is 0.556. The Labute approximate surface area is 201 Å². The molecule has 0 atom stereocenters. The summed E-state index contributed by atoms with van der Waals surface area (Å²) in [5.41, 5.74) is 5.90. The van der Waals surface area contributed by atoms with E-state index in [-0.39, 0.29) is 23.7 Å². The average Bonchev–Trinajstić information content (AvgIpc) is 2.82. The third-order valence-electron chi connectivity index (χ3n) is 7.22. The number of likely N-dealkylation sites (tertiary alicyclic amines) is 2. The number of benzene rings is 1. The minimum absolute atomic E-state index is 0.0765. The van der Waals surface area contributed by atoms with Gasteiger partial charge in [-0.2, -0.15) is 0 Å². The van der Waals surface area contributed by atoms with Crippen LogP contribution in [0.1, 0.15) is 50.7 Å². The van der Waals surface area contributed by atoms with Gasteiger partial charge in [-0.15, -0.1) is 5.73 Å². The number of amides is 1. The highest BCUT2D eigenvalue weighted by Gasteiger charge is 2.40. The van der Waals surface area contributed by atoms with Crippen molar-refractivity contribution in [3.8, 4) is 0 Å². The van der Waals surface area contributed by atoms with E-state index in [2.05, 4.69) is 24.5 Å². The van der Waals surface area contributed by atoms with Crippen molar-refractivity contribution >= 4 is 17.7 Å². The maximum Gasteiger partial charge on any atom is 0.255 e. The first kappa shape index (κ1) is 24.3. The van der Waals surface area contributed by atoms with Crippen LogP contribution >= 0.6 is 11.8 Å². The van der Waals surface area contributed by atoms with Gasteiger partial charge in [0.2, 0.25) is 0 Å². The van der Waals surface area contributed by atoms with Gasteiger partial charge in [-0.1, -0.05) is 37.7 Å². The number of piperidine rings is 2. The molecule has 2 fully saturated rings. The van der Waals surface area contributed by atoms with Crippen LogP contribution in [-0.2, 0) is 17.8 Å². The van der Waals surface area contributed by atoms with Gasteiger partial charge in [0.1, 0.15) is 5.82 Å². The van der Waals surface area contributed by atoms with Crippen LogP contribution in [0.3, 0.4) is 0 Å². The topological polar surface area (TPSA) is 43.8 Å². The van der Waals surface area contributed by atoms with Crippen molar-refractivity contribution in [3.63, 3.8) is 0 Å². The van der Waals surface area contributed by atoms with Crippen molar-refractivity contribution in [2.45, 2.75) is 52.5 Å². The van der Waals surface area contributed by atoms with Crippen LogP contribution < -0.4 is 0 Å². The molecule has 1 N–H and O–H groups in total. The predicted molar refractivity (Wildman–Crippen MR) is 132 cm³/mol. The summed E-state index contributed by atoms with van der Waals surface area (Å²) in [6.45, 7) is 8.45. The molecule has 2 saturated heterocycles. The second-order valence-corrected chi connectivity index (χ2v) is 10.9. The summed E-state index contributed by atoms with van der Waals surface area (Å²) in [7, 11) is 0. The van der Waals surface area contributed by atoms with Gasteiger partial charge >= 0.3 is 0 Å². The Kier molecular flexibility index (Phi) is 7.80. The van der Waals surface area contributed by atoms with Gasteiger partial charge in [0.25, 0.3) is 5.91 Å². The number of thioether (sulfide) groups is 1. The van der Waals surface area contributed by atoms with Crippen molar-refractivity contribution in [2.24, 2.45) is 11.3 Å². The Morgan fingerprint density at radius 3 is 2.70 bits per heavy atom. The van der Waals surface area contributed by atoms with E-state index >= 15 is 0 Å². The largest absolute Gasteiger partial charge is 0.396 e. The molecule has 0 aromatic heterocycles. The molecule has 0 unspecified atom stereocenters. The molecule has 0 saturated carbocycles. The zero-order valence-corrected chi connectivity index (χ0v) is 20.6. The summed E-state index contributed by atoms with van der Waals surface area (Å²) in [5, 5.41) is 11.2. The van der Waals surface area contributed by atoms with Gasteiger partial charge < -0.3 is 10.0 Å². The number of nitrogens with zero attached hydrogens (tertiary/aromatic N) is 2. The third-order valence-corrected chi connectivity index (χ3v) is 8.44. The molecule has 0 radical (unpaired) electrons. The smallest absolute Gasteiger partial charge is 0.255 e. The molecular formula is C27H35FN2O2S. The van der Waals surface area contributed by atoms with Crippen molar-refractivity contribution in [3.05, 3.63) is 62.8 Å². The van der Waals surface area contributed by atoms with Gasteiger partial charge in [-0.25, -0.2) is 4.39 Å². The van der Waals surface area contributed by atoms with E-state index in [1.807, 2.05) is 22.5 Å². The molecule has 0 bridgehead atoms. The maximum absolute atomic E-state index is 14.3. The standard InChI is InChI=1S/C27H35FN2O2S/c1-20(2)25-7-5-22(18-33-25)26(32)30-12-3-9-27(19-30)10-13-29(14-11-27)17-23-16-21(8-15-31)4-6-24(23)28/h4-6,16,18,20,31H,3,8-15,17,19H2,1-2H3.